The van der Waals surface area contributed by atoms with E-state index in [2.05, 4.69) is 11.8 Å². The molecule has 0 radical (unpaired) electrons. The number of rotatable bonds is 4. The zero-order chi connectivity index (χ0) is 20.5. The quantitative estimate of drug-likeness (QED) is 0.598. The number of halogens is 1. The van der Waals surface area contributed by atoms with E-state index in [-0.39, 0.29) is 24.4 Å². The molecule has 7 nitrogen and oxygen atoms in total. The predicted molar refractivity (Wildman–Crippen MR) is 105 cm³/mol. The van der Waals surface area contributed by atoms with Crippen molar-refractivity contribution in [2.24, 2.45) is 5.92 Å². The van der Waals surface area contributed by atoms with E-state index in [1.807, 2.05) is 0 Å². The highest BCUT2D eigenvalue weighted by atomic mass is 19.1. The molecule has 4 amide bonds. The van der Waals surface area contributed by atoms with Gasteiger partial charge in [0.15, 0.2) is 6.67 Å². The number of amides is 4. The Bertz CT molecular complexity index is 792. The first-order valence-electron chi connectivity index (χ1n) is 10.5. The lowest BCUT2D eigenvalue weighted by atomic mass is 9.85. The van der Waals surface area contributed by atoms with E-state index in [9.17, 15) is 18.8 Å². The van der Waals surface area contributed by atoms with Crippen LogP contribution in [-0.4, -0.2) is 66.5 Å². The molecule has 1 aliphatic carbocycles. The number of urea groups is 1. The summed E-state index contributed by atoms with van der Waals surface area (Å²) in [6.45, 7) is 5.24. The summed E-state index contributed by atoms with van der Waals surface area (Å²) in [7, 11) is 0. The lowest BCUT2D eigenvalue weighted by Gasteiger charge is -2.35. The van der Waals surface area contributed by atoms with Gasteiger partial charge in [0.2, 0.25) is 0 Å². The van der Waals surface area contributed by atoms with Gasteiger partial charge in [-0.1, -0.05) is 19.8 Å². The molecule has 29 heavy (non-hydrogen) atoms. The van der Waals surface area contributed by atoms with Crippen LogP contribution in [0.15, 0.2) is 24.3 Å². The minimum Gasteiger partial charge on any atom is -0.360 e. The fraction of sp³-hybridized carbons (Fsp3) is 0.571. The van der Waals surface area contributed by atoms with E-state index in [4.69, 9.17) is 0 Å². The number of carbonyl (C=O) groups is 3. The summed E-state index contributed by atoms with van der Waals surface area (Å²) in [5.41, 5.74) is 0.964. The van der Waals surface area contributed by atoms with Crippen LogP contribution in [0.2, 0.25) is 0 Å². The molecule has 1 N–H and O–H groups in total. The van der Waals surface area contributed by atoms with Gasteiger partial charge in [0.25, 0.3) is 0 Å². The third-order valence-electron chi connectivity index (χ3n) is 6.53. The van der Waals surface area contributed by atoms with Crippen molar-refractivity contribution in [2.45, 2.75) is 38.6 Å². The highest BCUT2D eigenvalue weighted by molar-refractivity contribution is 6.44. The Morgan fingerprint density at radius 2 is 1.66 bits per heavy atom. The van der Waals surface area contributed by atoms with E-state index in [0.717, 1.165) is 67.3 Å². The van der Waals surface area contributed by atoms with Gasteiger partial charge in [0, 0.05) is 11.7 Å². The summed E-state index contributed by atoms with van der Waals surface area (Å²) in [4.78, 5) is 43.6. The van der Waals surface area contributed by atoms with Gasteiger partial charge in [-0.05, 0) is 43.0 Å². The van der Waals surface area contributed by atoms with Gasteiger partial charge in [-0.3, -0.25) is 14.5 Å². The Balaban J connectivity index is 1.37. The van der Waals surface area contributed by atoms with E-state index in [0.29, 0.717) is 0 Å². The summed E-state index contributed by atoms with van der Waals surface area (Å²) in [6.07, 6.45) is 3.85. The van der Waals surface area contributed by atoms with Crippen molar-refractivity contribution in [3.63, 3.8) is 0 Å². The topological polar surface area (TPSA) is 65.4 Å². The molecule has 156 valence electrons. The van der Waals surface area contributed by atoms with Crippen molar-refractivity contribution in [3.8, 4) is 0 Å². The molecule has 0 bridgehead atoms. The molecule has 4 rings (SSSR count). The fourth-order valence-corrected chi connectivity index (χ4v) is 4.75. The maximum Gasteiger partial charge on any atom is 0.338 e. The van der Waals surface area contributed by atoms with Crippen LogP contribution >= 0.6 is 0 Å². The molecule has 1 aromatic rings. The molecular formula is C21H28FN4O3+. The minimum atomic E-state index is -0.693. The van der Waals surface area contributed by atoms with Gasteiger partial charge in [0.05, 0.1) is 26.2 Å². The zero-order valence-corrected chi connectivity index (χ0v) is 16.8. The molecule has 8 heteroatoms. The smallest absolute Gasteiger partial charge is 0.338 e. The number of nitrogens with one attached hydrogen (secondary N) is 1. The Morgan fingerprint density at radius 3 is 2.31 bits per heavy atom. The first-order valence-corrected chi connectivity index (χ1v) is 10.5. The number of quaternary nitrogens is 1. The third kappa shape index (κ3) is 3.85. The van der Waals surface area contributed by atoms with Gasteiger partial charge in [-0.2, -0.15) is 0 Å². The molecule has 0 spiro atoms. The van der Waals surface area contributed by atoms with Crippen LogP contribution in [0.25, 0.3) is 0 Å². The number of benzene rings is 1. The lowest BCUT2D eigenvalue weighted by molar-refractivity contribution is -0.907. The monoisotopic (exact) mass is 403 g/mol. The van der Waals surface area contributed by atoms with Gasteiger partial charge < -0.3 is 9.80 Å². The van der Waals surface area contributed by atoms with Crippen molar-refractivity contribution < 1.29 is 23.7 Å². The molecule has 1 aromatic carbocycles. The summed E-state index contributed by atoms with van der Waals surface area (Å²) < 4.78 is 13.1. The Morgan fingerprint density at radius 1 is 1.00 bits per heavy atom. The average molecular weight is 403 g/mol. The molecular weight excluding hydrogens is 375 g/mol. The van der Waals surface area contributed by atoms with Crippen molar-refractivity contribution in [2.75, 3.05) is 37.7 Å². The molecule has 3 fully saturated rings. The highest BCUT2D eigenvalue weighted by Gasteiger charge is 2.50. The summed E-state index contributed by atoms with van der Waals surface area (Å²) in [5.74, 6) is -1.39. The maximum atomic E-state index is 13.1. The number of imide groups is 2. The molecule has 1 saturated carbocycles. The van der Waals surface area contributed by atoms with Crippen LogP contribution < -0.4 is 9.80 Å². The second-order valence-corrected chi connectivity index (χ2v) is 8.39. The Hall–Kier alpha value is -2.48. The molecule has 0 aromatic heterocycles. The molecule has 0 unspecified atom stereocenters. The van der Waals surface area contributed by atoms with Crippen LogP contribution in [0.4, 0.5) is 14.9 Å². The number of carbonyl (C=O) groups excluding carboxylic acids is 3. The van der Waals surface area contributed by atoms with Crippen molar-refractivity contribution in [3.05, 3.63) is 30.1 Å². The lowest BCUT2D eigenvalue weighted by Crippen LogP contribution is -3.16. The largest absolute Gasteiger partial charge is 0.360 e. The first kappa shape index (κ1) is 19.8. The molecule has 2 heterocycles. The van der Waals surface area contributed by atoms with E-state index < -0.39 is 17.8 Å². The van der Waals surface area contributed by atoms with Crippen molar-refractivity contribution >= 4 is 23.5 Å². The Labute approximate surface area is 170 Å². The van der Waals surface area contributed by atoms with Crippen LogP contribution in [0, 0.1) is 11.7 Å². The van der Waals surface area contributed by atoms with Crippen LogP contribution in [0.5, 0.6) is 0 Å². The molecule has 2 atom stereocenters. The normalized spacial score (nSPS) is 26.6. The van der Waals surface area contributed by atoms with Gasteiger partial charge >= 0.3 is 17.8 Å². The SMILES string of the molecule is C[C@@H]1CCCC[C@H]1N1C(=O)C(=O)N(C[NH+]2CCN(c3ccc(F)cc3)CC2)C1=O. The third-order valence-corrected chi connectivity index (χ3v) is 6.53. The highest BCUT2D eigenvalue weighted by Crippen LogP contribution is 2.30. The second-order valence-electron chi connectivity index (χ2n) is 8.39. The van der Waals surface area contributed by atoms with Crippen molar-refractivity contribution in [1.82, 2.24) is 9.80 Å². The summed E-state index contributed by atoms with van der Waals surface area (Å²) >= 11 is 0. The second kappa shape index (κ2) is 8.10. The van der Waals surface area contributed by atoms with Crippen molar-refractivity contribution in [1.29, 1.82) is 0 Å². The minimum absolute atomic E-state index is 0.164. The fourth-order valence-electron chi connectivity index (χ4n) is 4.75. The standard InChI is InChI=1S/C21H27FN4O3/c1-15-4-2-3-5-18(15)26-20(28)19(27)25(21(26)29)14-23-10-12-24(13-11-23)17-8-6-16(22)7-9-17/h6-9,15,18H,2-5,10-14H2,1H3/p+1/t15-,18-/m1/s1. The summed E-state index contributed by atoms with van der Waals surface area (Å²) in [6, 6.07) is 5.80. The number of anilines is 1. The van der Waals surface area contributed by atoms with E-state index in [1.54, 1.807) is 12.1 Å². The molecule has 2 saturated heterocycles. The predicted octanol–water partition coefficient (Wildman–Crippen LogP) is 0.858. The number of hydrogen-bond acceptors (Lipinski definition) is 4. The average Bonchev–Trinajstić information content (AvgIpc) is 2.93. The number of piperazine rings is 1. The number of nitrogens with zero attached hydrogens (tertiary/aromatic N) is 3. The van der Waals surface area contributed by atoms with Gasteiger partial charge in [0.1, 0.15) is 5.82 Å². The number of hydrogen-bond donors (Lipinski definition) is 1. The van der Waals surface area contributed by atoms with E-state index in [1.165, 1.54) is 17.0 Å². The molecule has 2 aliphatic heterocycles. The van der Waals surface area contributed by atoms with Gasteiger partial charge in [-0.25, -0.2) is 14.1 Å². The Kier molecular flexibility index (Phi) is 5.54. The summed E-state index contributed by atoms with van der Waals surface area (Å²) in [5, 5.41) is 0. The maximum absolute atomic E-state index is 13.1. The van der Waals surface area contributed by atoms with Crippen LogP contribution in [-0.2, 0) is 9.59 Å². The first-order chi connectivity index (χ1) is 14.0. The molecule has 3 aliphatic rings. The van der Waals surface area contributed by atoms with Crippen LogP contribution in [0.3, 0.4) is 0 Å². The zero-order valence-electron chi connectivity index (χ0n) is 16.8. The van der Waals surface area contributed by atoms with Gasteiger partial charge in [-0.15, -0.1) is 0 Å². The van der Waals surface area contributed by atoms with Crippen LogP contribution in [0.1, 0.15) is 32.6 Å². The van der Waals surface area contributed by atoms with E-state index >= 15 is 0 Å².